The van der Waals surface area contributed by atoms with Crippen LogP contribution in [0, 0.1) is 22.3 Å². The van der Waals surface area contributed by atoms with Gasteiger partial charge in [-0.15, -0.1) is 0 Å². The van der Waals surface area contributed by atoms with Crippen LogP contribution in [0.2, 0.25) is 0 Å². The minimum absolute atomic E-state index is 0.0781. The maximum atomic E-state index is 14.0. The summed E-state index contributed by atoms with van der Waals surface area (Å²) in [6.45, 7) is 38.7. The van der Waals surface area contributed by atoms with E-state index in [-0.39, 0.29) is 42.4 Å². The highest BCUT2D eigenvalue weighted by molar-refractivity contribution is 14.3. The highest BCUT2D eigenvalue weighted by Gasteiger charge is 2.43. The Bertz CT molecular complexity index is 1430. The summed E-state index contributed by atoms with van der Waals surface area (Å²) in [5, 5.41) is 15.8. The number of nitriles is 1. The van der Waals surface area contributed by atoms with E-state index in [0.29, 0.717) is 80.8 Å². The van der Waals surface area contributed by atoms with Gasteiger partial charge in [0.1, 0.15) is 6.61 Å². The lowest BCUT2D eigenvalue weighted by Crippen LogP contribution is -2.58. The van der Waals surface area contributed by atoms with Gasteiger partial charge in [-0.2, -0.15) is 5.26 Å². The number of nitrogens with zero attached hydrogens (tertiary/aromatic N) is 6. The van der Waals surface area contributed by atoms with Gasteiger partial charge in [0.05, 0.1) is 87.0 Å². The van der Waals surface area contributed by atoms with E-state index in [9.17, 15) is 30.7 Å². The number of carbonyl (C=O) groups is 1. The van der Waals surface area contributed by atoms with E-state index in [2.05, 4.69) is 113 Å². The number of halogens is 2. The van der Waals surface area contributed by atoms with Gasteiger partial charge >= 0.3 is 6.03 Å². The fourth-order valence-corrected chi connectivity index (χ4v) is 10.0. The molecule has 0 aromatic carbocycles. The molecule has 0 heterocycles. The summed E-state index contributed by atoms with van der Waals surface area (Å²) in [7, 11) is -8.64. The van der Waals surface area contributed by atoms with E-state index in [1.807, 2.05) is 27.7 Å². The Hall–Kier alpha value is 0.0700. The number of nitrogens with one attached hydrogen (secondary N) is 2. The first-order chi connectivity index (χ1) is 29.7. The topological polar surface area (TPSA) is 198 Å². The third-order valence-corrected chi connectivity index (χ3v) is 14.5. The SMILES string of the molecule is CCN(CC)CCNCCN(CC)CC.CC[N+](CC)(CCCS(=O)(=O)[O-])CCN(CC[N+](CC)(CC)CCCS(=O)(=O)[O-])C(=O)NC1CC(C)(C)CC(C)(COC#N)C1.[2H]P(I)I. The van der Waals surface area contributed by atoms with E-state index in [0.717, 1.165) is 52.1 Å². The Balaban J connectivity index is 0. The highest BCUT2D eigenvalue weighted by atomic mass is 127. The van der Waals surface area contributed by atoms with Crippen LogP contribution in [0.5, 0.6) is 0 Å². The fourth-order valence-electron chi connectivity index (χ4n) is 9.07. The molecule has 1 rings (SSSR count). The average molecular weight is 1180 g/mol. The van der Waals surface area contributed by atoms with E-state index in [1.54, 1.807) is 11.2 Å². The molecule has 2 amide bonds. The number of carbonyl (C=O) groups excluding carboxylic acids is 1. The van der Waals surface area contributed by atoms with E-state index in [1.165, 1.54) is 13.1 Å². The molecule has 16 nitrogen and oxygen atoms in total. The average Bonchev–Trinajstić information content (AvgIpc) is 3.20. The van der Waals surface area contributed by atoms with Gasteiger partial charge in [-0.25, -0.2) is 21.6 Å². The predicted molar refractivity (Wildman–Crippen MR) is 277 cm³/mol. The maximum absolute atomic E-state index is 14.0. The number of likely N-dealkylation sites (N-methyl/N-ethyl adjacent to an activating group) is 4. The molecule has 0 bridgehead atoms. The molecule has 1 aliphatic rings. The van der Waals surface area contributed by atoms with Crippen LogP contribution in [0.25, 0.3) is 0 Å². The highest BCUT2D eigenvalue weighted by Crippen LogP contribution is 2.46. The van der Waals surface area contributed by atoms with Crippen LogP contribution < -0.4 is 10.6 Å². The standard InChI is InChI=1S/C30H59N5O8S2.C12H29N3.HI2P/c1-8-34(9-2,16-12-20-44(37,38)39)18-14-33(15-19-35(10-3,11-4)17-13-21-45(40,41)42)28(36)32-27-22-29(5,6)24-30(7,23-27)25-43-26-31;1-5-14(6-2)11-9-13-10-12-15(7-3)8-4;1-3-2/h27H,8-25H2,1-7H3,(H-2,32,36,37,38,39,40,41,42);13H,5-12H2,1-4H3;3H/i;;3D. The first-order valence-corrected chi connectivity index (χ1v) is 32.7. The molecule has 1 fully saturated rings. The number of hydrogen-bond donors (Lipinski definition) is 2. The van der Waals surface area contributed by atoms with E-state index >= 15 is 0 Å². The van der Waals surface area contributed by atoms with Crippen molar-refractivity contribution >= 4 is 74.2 Å². The molecule has 0 aromatic rings. The van der Waals surface area contributed by atoms with Crippen LogP contribution in [-0.2, 0) is 25.0 Å². The van der Waals surface area contributed by atoms with Gasteiger partial charge in [0, 0.05) is 65.8 Å². The van der Waals surface area contributed by atoms with Crippen molar-refractivity contribution in [1.82, 2.24) is 25.3 Å². The van der Waals surface area contributed by atoms with Crippen molar-refractivity contribution in [3.05, 3.63) is 0 Å². The molecule has 0 spiro atoms. The largest absolute Gasteiger partial charge is 0.748 e. The molecule has 21 heteroatoms. The normalized spacial score (nSPS) is 18.2. The first kappa shape index (κ1) is 63.1. The Labute approximate surface area is 414 Å². The molecule has 1 aliphatic carbocycles. The number of rotatable bonds is 31. The van der Waals surface area contributed by atoms with Gasteiger partial charge in [0.2, 0.25) is 0 Å². The lowest BCUT2D eigenvalue weighted by molar-refractivity contribution is -0.926. The summed E-state index contributed by atoms with van der Waals surface area (Å²) < 4.78 is 80.0. The van der Waals surface area contributed by atoms with Gasteiger partial charge in [0.15, 0.2) is 0 Å². The van der Waals surface area contributed by atoms with E-state index < -0.39 is 35.6 Å². The Morgan fingerprint density at radius 1 is 0.778 bits per heavy atom. The van der Waals surface area contributed by atoms with Crippen LogP contribution in [0.15, 0.2) is 0 Å². The van der Waals surface area contributed by atoms with Gasteiger partial charge in [-0.1, -0.05) is 48.5 Å². The third-order valence-electron chi connectivity index (χ3n) is 13.0. The molecule has 0 radical (unpaired) electrons. The summed E-state index contributed by atoms with van der Waals surface area (Å²) in [4.78, 5) is 20.7. The molecule has 2 N–H and O–H groups in total. The van der Waals surface area contributed by atoms with Crippen LogP contribution in [0.1, 0.15) is 108 Å². The van der Waals surface area contributed by atoms with E-state index in [4.69, 9.17) is 11.3 Å². The fraction of sp³-hybridized carbons (Fsp3) is 0.952. The number of ether oxygens (including phenoxy) is 1. The van der Waals surface area contributed by atoms with Crippen LogP contribution in [-0.4, -0.2) is 199 Å². The predicted octanol–water partition coefficient (Wildman–Crippen LogP) is 6.29. The summed E-state index contributed by atoms with van der Waals surface area (Å²) in [5.74, 6) is -0.843. The van der Waals surface area contributed by atoms with Crippen molar-refractivity contribution in [2.75, 3.05) is 136 Å². The van der Waals surface area contributed by atoms with Crippen LogP contribution in [0.3, 0.4) is 0 Å². The van der Waals surface area contributed by atoms with Gasteiger partial charge in [-0.05, 0) is 123 Å². The molecule has 0 saturated heterocycles. The zero-order valence-corrected chi connectivity index (χ0v) is 47.8. The second kappa shape index (κ2) is 34.4. The number of urea groups is 1. The third kappa shape index (κ3) is 30.9. The van der Waals surface area contributed by atoms with Gasteiger partial charge < -0.3 is 48.1 Å². The zero-order valence-electron chi connectivity index (χ0n) is 41.9. The number of hydrogen-bond acceptors (Lipinski definition) is 12. The van der Waals surface area contributed by atoms with Gasteiger partial charge in [0.25, 0.3) is 6.26 Å². The van der Waals surface area contributed by atoms with Crippen molar-refractivity contribution in [1.29, 1.82) is 6.54 Å². The minimum Gasteiger partial charge on any atom is -0.748 e. The second-order valence-electron chi connectivity index (χ2n) is 18.0. The summed E-state index contributed by atoms with van der Waals surface area (Å²) >= 11 is 4.12. The smallest absolute Gasteiger partial charge is 0.318 e. The quantitative estimate of drug-likeness (QED) is 0.0197. The first-order valence-electron chi connectivity index (χ1n) is 23.6. The monoisotopic (exact) mass is 1180 g/mol. The van der Waals surface area contributed by atoms with Crippen molar-refractivity contribution in [2.24, 2.45) is 10.8 Å². The molecular formula is C42H89I2N8O8PS2. The Morgan fingerprint density at radius 2 is 1.17 bits per heavy atom. The zero-order chi connectivity index (χ0) is 49.7. The molecule has 63 heavy (non-hydrogen) atoms. The maximum Gasteiger partial charge on any atom is 0.318 e. The van der Waals surface area contributed by atoms with Gasteiger partial charge in [-0.3, -0.25) is 0 Å². The lowest BCUT2D eigenvalue weighted by atomic mass is 9.63. The molecule has 2 unspecified atom stereocenters. The molecule has 1 saturated carbocycles. The number of amides is 2. The number of quaternary nitrogens is 2. The summed E-state index contributed by atoms with van der Waals surface area (Å²) in [6.07, 6.45) is 4.56. The minimum atomic E-state index is -4.32. The molecule has 0 aliphatic heterocycles. The van der Waals surface area contributed by atoms with Crippen molar-refractivity contribution < 1.29 is 44.4 Å². The molecule has 0 aromatic heterocycles. The second-order valence-corrected chi connectivity index (χ2v) is 29.6. The van der Waals surface area contributed by atoms with Crippen LogP contribution >= 0.6 is 47.9 Å². The van der Waals surface area contributed by atoms with Crippen LogP contribution in [0.4, 0.5) is 4.79 Å². The van der Waals surface area contributed by atoms with Crippen molar-refractivity contribution in [3.63, 3.8) is 0 Å². The Morgan fingerprint density at radius 3 is 1.51 bits per heavy atom. The molecule has 2 atom stereocenters. The summed E-state index contributed by atoms with van der Waals surface area (Å²) in [5.41, 5.74) is -0.359. The lowest BCUT2D eigenvalue weighted by Gasteiger charge is -2.46. The summed E-state index contributed by atoms with van der Waals surface area (Å²) in [6, 6.07) is -0.338. The van der Waals surface area contributed by atoms with Crippen molar-refractivity contribution in [2.45, 2.75) is 114 Å². The van der Waals surface area contributed by atoms with Crippen molar-refractivity contribution in [3.8, 4) is 6.26 Å². The molecule has 376 valence electrons. The Kier molecular flexibility index (Phi) is 34.4. The molecular weight excluding hydrogens is 1090 g/mol.